The lowest BCUT2D eigenvalue weighted by Crippen LogP contribution is -2.24. The quantitative estimate of drug-likeness (QED) is 0.546. The van der Waals surface area contributed by atoms with Crippen LogP contribution in [0.15, 0.2) is 0 Å². The zero-order valence-corrected chi connectivity index (χ0v) is 10.8. The van der Waals surface area contributed by atoms with Crippen LogP contribution in [0, 0.1) is 0 Å². The summed E-state index contributed by atoms with van der Waals surface area (Å²) in [5.41, 5.74) is 0. The first-order valence-corrected chi connectivity index (χ1v) is 8.51. The summed E-state index contributed by atoms with van der Waals surface area (Å²) in [5, 5.41) is 3.88. The third-order valence-electron chi connectivity index (χ3n) is 2.00. The maximum Gasteiger partial charge on any atom is 0.151 e. The molecular weight excluding hydrogens is 238 g/mol. The van der Waals surface area contributed by atoms with Gasteiger partial charge in [0.25, 0.3) is 0 Å². The van der Waals surface area contributed by atoms with Crippen molar-refractivity contribution >= 4 is 19.7 Å². The van der Waals surface area contributed by atoms with Gasteiger partial charge in [-0.2, -0.15) is 0 Å². The third-order valence-corrected chi connectivity index (χ3v) is 5.37. The van der Waals surface area contributed by atoms with E-state index in [-0.39, 0.29) is 36.1 Å². The van der Waals surface area contributed by atoms with Crippen molar-refractivity contribution < 1.29 is 16.8 Å². The van der Waals surface area contributed by atoms with Gasteiger partial charge in [0.1, 0.15) is 0 Å². The maximum absolute atomic E-state index is 11.0. The van der Waals surface area contributed by atoms with Gasteiger partial charge in [-0.15, -0.1) is 0 Å². The molecule has 0 saturated heterocycles. The lowest BCUT2D eigenvalue weighted by Gasteiger charge is -2.02. The molecule has 91 valence electrons. The molecule has 0 aromatic heterocycles. The number of nitrogens with zero attached hydrogens (tertiary/aromatic N) is 1. The zero-order valence-electron chi connectivity index (χ0n) is 9.14. The molecule has 0 aliphatic heterocycles. The second kappa shape index (κ2) is 6.44. The molecule has 7 heteroatoms. The van der Waals surface area contributed by atoms with Crippen LogP contribution in [0.4, 0.5) is 0 Å². The molecule has 0 amide bonds. The molecule has 0 N–H and O–H groups in total. The van der Waals surface area contributed by atoms with Crippen LogP contribution in [-0.2, 0) is 19.7 Å². The summed E-state index contributed by atoms with van der Waals surface area (Å²) in [6.45, 7) is 3.54. The molecule has 0 aliphatic rings. The minimum Gasteiger partial charge on any atom is -0.240 e. The third kappa shape index (κ3) is 7.75. The van der Waals surface area contributed by atoms with Crippen LogP contribution in [0.2, 0.25) is 0 Å². The normalized spacial score (nSPS) is 12.9. The van der Waals surface area contributed by atoms with Gasteiger partial charge in [0.05, 0.1) is 11.5 Å². The molecular formula is C8H18NO4S2. The Morgan fingerprint density at radius 1 is 0.800 bits per heavy atom. The van der Waals surface area contributed by atoms with Crippen molar-refractivity contribution in [2.75, 3.05) is 36.1 Å². The van der Waals surface area contributed by atoms with Gasteiger partial charge in [-0.05, 0) is 0 Å². The topological polar surface area (TPSA) is 82.4 Å². The largest absolute Gasteiger partial charge is 0.240 e. The van der Waals surface area contributed by atoms with Gasteiger partial charge >= 0.3 is 0 Å². The number of hydrogen-bond donors (Lipinski definition) is 0. The van der Waals surface area contributed by atoms with E-state index in [1.54, 1.807) is 13.8 Å². The molecule has 1 radical (unpaired) electrons. The van der Waals surface area contributed by atoms with Crippen LogP contribution in [0.1, 0.15) is 13.8 Å². The van der Waals surface area contributed by atoms with Crippen LogP contribution in [-0.4, -0.2) is 52.9 Å². The Balaban J connectivity index is 3.66. The van der Waals surface area contributed by atoms with Crippen molar-refractivity contribution in [3.05, 3.63) is 0 Å². The summed E-state index contributed by atoms with van der Waals surface area (Å²) in [6, 6.07) is 0. The fourth-order valence-electron chi connectivity index (χ4n) is 0.808. The van der Waals surface area contributed by atoms with Crippen molar-refractivity contribution in [2.45, 2.75) is 13.8 Å². The predicted octanol–water partition coefficient (Wildman–Crippen LogP) is -0.540. The predicted molar refractivity (Wildman–Crippen MR) is 60.5 cm³/mol. The second-order valence-electron chi connectivity index (χ2n) is 3.14. The highest BCUT2D eigenvalue weighted by Gasteiger charge is 2.09. The molecule has 0 heterocycles. The molecule has 0 bridgehead atoms. The molecule has 0 aliphatic carbocycles. The van der Waals surface area contributed by atoms with E-state index in [0.717, 1.165) is 0 Å². The Hall–Kier alpha value is -0.140. The van der Waals surface area contributed by atoms with E-state index in [2.05, 4.69) is 5.32 Å². The Labute approximate surface area is 92.1 Å². The van der Waals surface area contributed by atoms with E-state index in [0.29, 0.717) is 0 Å². The van der Waals surface area contributed by atoms with E-state index in [9.17, 15) is 16.8 Å². The summed E-state index contributed by atoms with van der Waals surface area (Å²) in [7, 11) is -5.97. The molecule has 15 heavy (non-hydrogen) atoms. The van der Waals surface area contributed by atoms with Gasteiger partial charge in [-0.3, -0.25) is 0 Å². The highest BCUT2D eigenvalue weighted by atomic mass is 32.2. The van der Waals surface area contributed by atoms with Crippen LogP contribution in [0.25, 0.3) is 0 Å². The molecule has 0 saturated carbocycles. The van der Waals surface area contributed by atoms with Gasteiger partial charge in [0.2, 0.25) is 0 Å². The monoisotopic (exact) mass is 256 g/mol. The van der Waals surface area contributed by atoms with Gasteiger partial charge in [0.15, 0.2) is 19.7 Å². The van der Waals surface area contributed by atoms with Gasteiger partial charge in [-0.25, -0.2) is 22.2 Å². The van der Waals surface area contributed by atoms with Crippen molar-refractivity contribution in [1.82, 2.24) is 5.32 Å². The molecule has 0 aromatic rings. The zero-order chi connectivity index (χ0) is 11.9. The molecule has 0 atom stereocenters. The first kappa shape index (κ1) is 14.9. The van der Waals surface area contributed by atoms with E-state index in [1.165, 1.54) is 0 Å². The van der Waals surface area contributed by atoms with Crippen LogP contribution in [0.3, 0.4) is 0 Å². The van der Waals surface area contributed by atoms with E-state index in [4.69, 9.17) is 0 Å². The Kier molecular flexibility index (Phi) is 6.38. The first-order chi connectivity index (χ1) is 6.83. The van der Waals surface area contributed by atoms with Crippen molar-refractivity contribution in [2.24, 2.45) is 0 Å². The van der Waals surface area contributed by atoms with E-state index >= 15 is 0 Å². The Morgan fingerprint density at radius 2 is 1.13 bits per heavy atom. The standard InChI is InChI=1S/C8H18NO4S2/c1-3-14(10,11)7-5-9-6-8-15(12,13)4-2/h3-8H2,1-2H3. The second-order valence-corrected chi connectivity index (χ2v) is 8.09. The summed E-state index contributed by atoms with van der Waals surface area (Å²) < 4.78 is 44.1. The fraction of sp³-hybridized carbons (Fsp3) is 1.00. The summed E-state index contributed by atoms with van der Waals surface area (Å²) >= 11 is 0. The molecule has 5 nitrogen and oxygen atoms in total. The van der Waals surface area contributed by atoms with Gasteiger partial charge < -0.3 is 0 Å². The van der Waals surface area contributed by atoms with Crippen molar-refractivity contribution in [3.8, 4) is 0 Å². The van der Waals surface area contributed by atoms with Crippen LogP contribution < -0.4 is 5.32 Å². The van der Waals surface area contributed by atoms with Crippen LogP contribution >= 0.6 is 0 Å². The molecule has 0 aromatic carbocycles. The average Bonchev–Trinajstić information content (AvgIpc) is 2.17. The van der Waals surface area contributed by atoms with Gasteiger partial charge in [0, 0.05) is 24.6 Å². The minimum absolute atomic E-state index is 0.00960. The smallest absolute Gasteiger partial charge is 0.151 e. The molecule has 0 rings (SSSR count). The summed E-state index contributed by atoms with van der Waals surface area (Å²) in [6.07, 6.45) is 0. The highest BCUT2D eigenvalue weighted by Crippen LogP contribution is 1.90. The Bertz CT molecular complexity index is 322. The molecule has 0 fully saturated rings. The van der Waals surface area contributed by atoms with Crippen molar-refractivity contribution in [1.29, 1.82) is 0 Å². The number of hydrogen-bond acceptors (Lipinski definition) is 4. The Morgan fingerprint density at radius 3 is 1.40 bits per heavy atom. The summed E-state index contributed by atoms with van der Waals surface area (Å²) in [5.74, 6) is 0.233. The number of sulfone groups is 2. The lowest BCUT2D eigenvalue weighted by molar-refractivity contribution is 0.588. The number of rotatable bonds is 8. The first-order valence-electron chi connectivity index (χ1n) is 4.87. The average molecular weight is 256 g/mol. The fourth-order valence-corrected chi connectivity index (χ4v) is 2.20. The lowest BCUT2D eigenvalue weighted by atomic mass is 10.7. The minimum atomic E-state index is -2.98. The SMILES string of the molecule is CCS(=O)(=O)CC[N]CCS(=O)(=O)CC. The molecule has 0 unspecified atom stereocenters. The van der Waals surface area contributed by atoms with E-state index < -0.39 is 19.7 Å². The van der Waals surface area contributed by atoms with Crippen LogP contribution in [0.5, 0.6) is 0 Å². The maximum atomic E-state index is 11.0. The van der Waals surface area contributed by atoms with Gasteiger partial charge in [-0.1, -0.05) is 13.8 Å². The summed E-state index contributed by atoms with van der Waals surface area (Å²) in [4.78, 5) is 0. The molecule has 0 spiro atoms. The highest BCUT2D eigenvalue weighted by molar-refractivity contribution is 7.91. The van der Waals surface area contributed by atoms with E-state index in [1.807, 2.05) is 0 Å². The van der Waals surface area contributed by atoms with Crippen molar-refractivity contribution in [3.63, 3.8) is 0 Å².